The molecular weight excluding hydrogens is 373 g/mol. The highest BCUT2D eigenvalue weighted by Gasteiger charge is 2.25. The van der Waals surface area contributed by atoms with Crippen molar-refractivity contribution in [1.82, 2.24) is 14.3 Å². The van der Waals surface area contributed by atoms with Crippen LogP contribution in [0.25, 0.3) is 5.52 Å². The van der Waals surface area contributed by atoms with Crippen LogP contribution in [0, 0.1) is 17.5 Å². The van der Waals surface area contributed by atoms with Crippen LogP contribution in [0.4, 0.5) is 18.9 Å². The third-order valence-corrected chi connectivity index (χ3v) is 4.29. The van der Waals surface area contributed by atoms with Gasteiger partial charge in [0, 0.05) is 19.3 Å². The molecule has 0 unspecified atom stereocenters. The Morgan fingerprint density at radius 2 is 1.79 bits per heavy atom. The van der Waals surface area contributed by atoms with Crippen molar-refractivity contribution in [2.45, 2.75) is 13.8 Å². The van der Waals surface area contributed by atoms with Gasteiger partial charge in [-0.15, -0.1) is 0 Å². The molecule has 146 valence electrons. The highest BCUT2D eigenvalue weighted by atomic mass is 19.2. The number of nitrogens with one attached hydrogen (secondary N) is 1. The van der Waals surface area contributed by atoms with Gasteiger partial charge in [0.05, 0.1) is 11.2 Å². The molecule has 1 aromatic carbocycles. The van der Waals surface area contributed by atoms with Crippen LogP contribution in [0.2, 0.25) is 0 Å². The Morgan fingerprint density at radius 3 is 2.46 bits per heavy atom. The summed E-state index contributed by atoms with van der Waals surface area (Å²) in [5, 5.41) is 2.17. The number of hydrogen-bond donors (Lipinski definition) is 1. The summed E-state index contributed by atoms with van der Waals surface area (Å²) in [6.45, 7) is 4.56. The Bertz CT molecular complexity index is 1060. The van der Waals surface area contributed by atoms with E-state index in [1.54, 1.807) is 23.1 Å². The number of pyridine rings is 1. The molecule has 0 bridgehead atoms. The van der Waals surface area contributed by atoms with Crippen LogP contribution in [-0.4, -0.2) is 39.2 Å². The smallest absolute Gasteiger partial charge is 0.292 e. The van der Waals surface area contributed by atoms with Crippen LogP contribution < -0.4 is 5.32 Å². The molecule has 2 aromatic heterocycles. The van der Waals surface area contributed by atoms with Crippen LogP contribution in [0.5, 0.6) is 0 Å². The van der Waals surface area contributed by atoms with Crippen molar-refractivity contribution < 1.29 is 22.8 Å². The monoisotopic (exact) mass is 390 g/mol. The summed E-state index contributed by atoms with van der Waals surface area (Å²) in [4.78, 5) is 31.0. The van der Waals surface area contributed by atoms with Crippen LogP contribution in [0.1, 0.15) is 35.0 Å². The molecule has 3 rings (SSSR count). The zero-order valence-electron chi connectivity index (χ0n) is 15.2. The van der Waals surface area contributed by atoms with Gasteiger partial charge in [-0.1, -0.05) is 6.07 Å². The number of hydrogen-bond acceptors (Lipinski definition) is 3. The number of rotatable bonds is 5. The summed E-state index contributed by atoms with van der Waals surface area (Å²) in [6.07, 6.45) is 1.53. The first-order valence-electron chi connectivity index (χ1n) is 8.60. The third kappa shape index (κ3) is 3.30. The van der Waals surface area contributed by atoms with Gasteiger partial charge < -0.3 is 10.2 Å². The fraction of sp³-hybridized carbons (Fsp3) is 0.211. The number of benzene rings is 1. The Labute approximate surface area is 158 Å². The van der Waals surface area contributed by atoms with Crippen molar-refractivity contribution in [2.75, 3.05) is 18.4 Å². The minimum atomic E-state index is -1.69. The highest BCUT2D eigenvalue weighted by molar-refractivity contribution is 6.06. The SMILES string of the molecule is CCN(CC)C(=O)c1nc(C(=O)Nc2ccc(F)c(F)c2F)n2ccccc12. The number of nitrogens with zero attached hydrogens (tertiary/aromatic N) is 3. The van der Waals surface area contributed by atoms with Crippen molar-refractivity contribution in [1.29, 1.82) is 0 Å². The molecule has 2 amide bonds. The molecule has 0 aliphatic rings. The van der Waals surface area contributed by atoms with E-state index in [1.165, 1.54) is 10.6 Å². The summed E-state index contributed by atoms with van der Waals surface area (Å²) in [5.41, 5.74) is -0.0660. The predicted molar refractivity (Wildman–Crippen MR) is 96.7 cm³/mol. The molecule has 9 heteroatoms. The number of halogens is 3. The molecule has 0 fully saturated rings. The van der Waals surface area contributed by atoms with Crippen molar-refractivity contribution in [3.05, 3.63) is 65.5 Å². The van der Waals surface area contributed by atoms with E-state index in [2.05, 4.69) is 10.3 Å². The van der Waals surface area contributed by atoms with E-state index in [9.17, 15) is 22.8 Å². The maximum atomic E-state index is 13.9. The first kappa shape index (κ1) is 19.4. The van der Waals surface area contributed by atoms with Gasteiger partial charge in [0.15, 0.2) is 23.1 Å². The van der Waals surface area contributed by atoms with E-state index in [0.717, 1.165) is 6.07 Å². The topological polar surface area (TPSA) is 66.7 Å². The molecule has 0 atom stereocenters. The number of carbonyl (C=O) groups is 2. The highest BCUT2D eigenvalue weighted by Crippen LogP contribution is 2.21. The van der Waals surface area contributed by atoms with E-state index in [-0.39, 0.29) is 17.4 Å². The van der Waals surface area contributed by atoms with Crippen molar-refractivity contribution in [2.24, 2.45) is 0 Å². The minimum absolute atomic E-state index is 0.0696. The zero-order valence-corrected chi connectivity index (χ0v) is 15.2. The van der Waals surface area contributed by atoms with Gasteiger partial charge in [0.25, 0.3) is 11.8 Å². The van der Waals surface area contributed by atoms with Crippen molar-refractivity contribution >= 4 is 23.0 Å². The number of anilines is 1. The van der Waals surface area contributed by atoms with Crippen molar-refractivity contribution in [3.8, 4) is 0 Å². The molecule has 0 saturated heterocycles. The zero-order chi connectivity index (χ0) is 20.4. The third-order valence-electron chi connectivity index (χ3n) is 4.29. The Morgan fingerprint density at radius 1 is 1.07 bits per heavy atom. The maximum absolute atomic E-state index is 13.9. The molecule has 3 aromatic rings. The molecule has 2 heterocycles. The molecular formula is C19H17F3N4O2. The van der Waals surface area contributed by atoms with E-state index >= 15 is 0 Å². The fourth-order valence-electron chi connectivity index (χ4n) is 2.82. The Balaban J connectivity index is 2.03. The standard InChI is InChI=1S/C19H17F3N4O2/c1-3-25(4-2)19(28)16-13-7-5-6-10-26(13)17(24-16)18(27)23-12-9-8-11(20)14(21)15(12)22/h5-10H,3-4H2,1-2H3,(H,23,27). The van der Waals surface area contributed by atoms with Gasteiger partial charge >= 0.3 is 0 Å². The van der Waals surface area contributed by atoms with Gasteiger partial charge in [0.1, 0.15) is 0 Å². The van der Waals surface area contributed by atoms with Gasteiger partial charge in [-0.25, -0.2) is 18.2 Å². The number of aromatic nitrogens is 2. The molecule has 0 spiro atoms. The van der Waals surface area contributed by atoms with Gasteiger partial charge in [-0.05, 0) is 38.1 Å². The summed E-state index contributed by atoms with van der Waals surface area (Å²) < 4.78 is 41.7. The lowest BCUT2D eigenvalue weighted by Crippen LogP contribution is -2.31. The van der Waals surface area contributed by atoms with Gasteiger partial charge in [-0.3, -0.25) is 14.0 Å². The number of carbonyl (C=O) groups excluding carboxylic acids is 2. The second-order valence-electron chi connectivity index (χ2n) is 5.89. The van der Waals surface area contributed by atoms with E-state index < -0.39 is 29.0 Å². The first-order chi connectivity index (χ1) is 13.4. The molecule has 0 aliphatic carbocycles. The minimum Gasteiger partial charge on any atom is -0.338 e. The normalized spacial score (nSPS) is 10.9. The van der Waals surface area contributed by atoms with Crippen LogP contribution in [0.15, 0.2) is 36.5 Å². The van der Waals surface area contributed by atoms with E-state index in [0.29, 0.717) is 24.7 Å². The average molecular weight is 390 g/mol. The number of amides is 2. The molecule has 6 nitrogen and oxygen atoms in total. The summed E-state index contributed by atoms with van der Waals surface area (Å²) in [5.74, 6) is -5.99. The second kappa shape index (κ2) is 7.71. The maximum Gasteiger partial charge on any atom is 0.292 e. The summed E-state index contributed by atoms with van der Waals surface area (Å²) in [6, 6.07) is 6.55. The number of fused-ring (bicyclic) bond motifs is 1. The Hall–Kier alpha value is -3.36. The summed E-state index contributed by atoms with van der Waals surface area (Å²) >= 11 is 0. The van der Waals surface area contributed by atoms with Gasteiger partial charge in [0.2, 0.25) is 5.82 Å². The van der Waals surface area contributed by atoms with Crippen LogP contribution >= 0.6 is 0 Å². The lowest BCUT2D eigenvalue weighted by molar-refractivity contribution is 0.0769. The first-order valence-corrected chi connectivity index (χ1v) is 8.60. The van der Waals surface area contributed by atoms with Crippen LogP contribution in [0.3, 0.4) is 0 Å². The van der Waals surface area contributed by atoms with Gasteiger partial charge in [-0.2, -0.15) is 0 Å². The number of imidazole rings is 1. The summed E-state index contributed by atoms with van der Waals surface area (Å²) in [7, 11) is 0. The quantitative estimate of drug-likeness (QED) is 0.679. The average Bonchev–Trinajstić information content (AvgIpc) is 3.09. The Kier molecular flexibility index (Phi) is 5.34. The molecule has 28 heavy (non-hydrogen) atoms. The van der Waals surface area contributed by atoms with Crippen molar-refractivity contribution in [3.63, 3.8) is 0 Å². The second-order valence-corrected chi connectivity index (χ2v) is 5.89. The lowest BCUT2D eigenvalue weighted by atomic mass is 10.2. The molecule has 1 N–H and O–H groups in total. The largest absolute Gasteiger partial charge is 0.338 e. The van der Waals surface area contributed by atoms with E-state index in [1.807, 2.05) is 13.8 Å². The predicted octanol–water partition coefficient (Wildman–Crippen LogP) is 3.49. The fourth-order valence-corrected chi connectivity index (χ4v) is 2.82. The molecule has 0 saturated carbocycles. The van der Waals surface area contributed by atoms with Crippen LogP contribution in [-0.2, 0) is 0 Å². The van der Waals surface area contributed by atoms with E-state index in [4.69, 9.17) is 0 Å². The lowest BCUT2D eigenvalue weighted by Gasteiger charge is -2.17. The molecule has 0 radical (unpaired) electrons. The molecule has 0 aliphatic heterocycles.